The van der Waals surface area contributed by atoms with Crippen LogP contribution in [0.3, 0.4) is 0 Å². The first-order valence-electron chi connectivity index (χ1n) is 4.21. The second-order valence-corrected chi connectivity index (χ2v) is 2.76. The molecule has 1 aromatic heterocycles. The molecule has 0 atom stereocenters. The molecule has 1 heterocycles. The number of fused-ring (bicyclic) bond motifs is 1. The maximum absolute atomic E-state index is 9.52. The number of rotatable bonds is 1. The van der Waals surface area contributed by atoms with Gasteiger partial charge in [0.25, 0.3) is 0 Å². The van der Waals surface area contributed by atoms with E-state index < -0.39 is 0 Å². The Morgan fingerprint density at radius 1 is 1.18 bits per heavy atom. The molecule has 0 aliphatic heterocycles. The summed E-state index contributed by atoms with van der Waals surface area (Å²) in [5.74, 6) is 0.326. The van der Waals surface area contributed by atoms with Crippen molar-refractivity contribution in [3.8, 4) is 5.75 Å². The molecule has 3 N–H and O–H groups in total. The fraction of sp³-hybridized carbons (Fsp3) is 0.0769. The Balaban J connectivity index is -0.000000373. The van der Waals surface area contributed by atoms with Gasteiger partial charge in [0, 0.05) is 17.1 Å². The van der Waals surface area contributed by atoms with Crippen LogP contribution in [0.1, 0.15) is 5.56 Å². The molecular formula is C13H19LiNO2-3. The van der Waals surface area contributed by atoms with E-state index in [1.807, 2.05) is 18.3 Å². The normalized spacial score (nSPS) is 7.94. The smallest absolute Gasteiger partial charge is 0.569 e. The van der Waals surface area contributed by atoms with E-state index in [2.05, 4.69) is 19.0 Å². The number of nitrogens with one attached hydrogen (secondary N) is 1. The van der Waals surface area contributed by atoms with Gasteiger partial charge in [0.05, 0.1) is 0 Å². The molecule has 0 aliphatic carbocycles. The van der Waals surface area contributed by atoms with Crippen LogP contribution in [0.15, 0.2) is 24.4 Å². The number of aromatic nitrogens is 1. The second kappa shape index (κ2) is 10.3. The van der Waals surface area contributed by atoms with Gasteiger partial charge >= 0.3 is 18.9 Å². The number of benzene rings is 1. The average molecular weight is 228 g/mol. The van der Waals surface area contributed by atoms with Gasteiger partial charge in [-0.15, -0.1) is 0 Å². The number of phenols is 1. The maximum Gasteiger partial charge on any atom is 1.00 e. The van der Waals surface area contributed by atoms with Gasteiger partial charge in [-0.05, 0) is 17.7 Å². The SMILES string of the molecule is [CH2-]Cc1c[nH]c2cccc(O)c12.[CH2-]O.[CH3-].[CH3-].[Li+]. The van der Waals surface area contributed by atoms with Crippen LogP contribution in [0.5, 0.6) is 5.75 Å². The minimum absolute atomic E-state index is 0. The molecule has 0 spiro atoms. The topological polar surface area (TPSA) is 56.2 Å². The third-order valence-corrected chi connectivity index (χ3v) is 2.03. The number of aliphatic hydroxyl groups is 1. The van der Waals surface area contributed by atoms with Crippen LogP contribution < -0.4 is 18.9 Å². The van der Waals surface area contributed by atoms with E-state index in [4.69, 9.17) is 5.11 Å². The van der Waals surface area contributed by atoms with E-state index >= 15 is 0 Å². The van der Waals surface area contributed by atoms with Crippen molar-refractivity contribution >= 4 is 10.9 Å². The molecule has 92 valence electrons. The first kappa shape index (κ1) is 21.4. The number of hydrogen-bond acceptors (Lipinski definition) is 2. The van der Waals surface area contributed by atoms with E-state index in [1.165, 1.54) is 0 Å². The van der Waals surface area contributed by atoms with Crippen LogP contribution in [0.4, 0.5) is 0 Å². The summed E-state index contributed by atoms with van der Waals surface area (Å²) in [4.78, 5) is 3.08. The molecule has 17 heavy (non-hydrogen) atoms. The van der Waals surface area contributed by atoms with E-state index in [9.17, 15) is 5.11 Å². The van der Waals surface area contributed by atoms with E-state index in [-0.39, 0.29) is 33.7 Å². The molecule has 0 unspecified atom stereocenters. The number of aromatic hydroxyl groups is 1. The van der Waals surface area contributed by atoms with Gasteiger partial charge in [-0.1, -0.05) is 6.07 Å². The van der Waals surface area contributed by atoms with E-state index in [0.29, 0.717) is 12.2 Å². The summed E-state index contributed by atoms with van der Waals surface area (Å²) >= 11 is 0. The van der Waals surface area contributed by atoms with E-state index in [0.717, 1.165) is 16.5 Å². The summed E-state index contributed by atoms with van der Waals surface area (Å²) in [7, 11) is 2.25. The van der Waals surface area contributed by atoms with Gasteiger partial charge in [-0.2, -0.15) is 6.42 Å². The number of phenolic OH excluding ortho intramolecular Hbond substituents is 1. The summed E-state index contributed by atoms with van der Waals surface area (Å²) in [5, 5.41) is 17.2. The van der Waals surface area contributed by atoms with Crippen LogP contribution in [-0.4, -0.2) is 15.2 Å². The zero-order valence-corrected chi connectivity index (χ0v) is 10.8. The van der Waals surface area contributed by atoms with Gasteiger partial charge in [0.2, 0.25) is 0 Å². The third-order valence-electron chi connectivity index (χ3n) is 2.03. The Bertz CT molecular complexity index is 413. The first-order chi connectivity index (χ1) is 6.83. The van der Waals surface area contributed by atoms with Crippen LogP contribution in [0, 0.1) is 28.9 Å². The molecule has 0 aliphatic rings. The van der Waals surface area contributed by atoms with Crippen LogP contribution in [0.2, 0.25) is 0 Å². The molecule has 0 fully saturated rings. The van der Waals surface area contributed by atoms with Crippen molar-refractivity contribution in [2.24, 2.45) is 0 Å². The molecule has 2 aromatic rings. The van der Waals surface area contributed by atoms with Gasteiger partial charge in [0.15, 0.2) is 0 Å². The molecule has 0 amide bonds. The van der Waals surface area contributed by atoms with Crippen molar-refractivity contribution in [2.75, 3.05) is 0 Å². The zero-order valence-electron chi connectivity index (χ0n) is 10.8. The summed E-state index contributed by atoms with van der Waals surface area (Å²) in [6, 6.07) is 5.45. The maximum atomic E-state index is 9.52. The largest absolute Gasteiger partial charge is 1.00 e. The van der Waals surface area contributed by atoms with Gasteiger partial charge in [0.1, 0.15) is 5.75 Å². The van der Waals surface area contributed by atoms with E-state index in [1.54, 1.807) is 6.07 Å². The zero-order chi connectivity index (χ0) is 10.6. The molecular weight excluding hydrogens is 209 g/mol. The Morgan fingerprint density at radius 3 is 2.29 bits per heavy atom. The first-order valence-corrected chi connectivity index (χ1v) is 4.21. The number of aromatic amines is 1. The molecule has 1 aromatic carbocycles. The monoisotopic (exact) mass is 228 g/mol. The van der Waals surface area contributed by atoms with Crippen LogP contribution in [0.25, 0.3) is 10.9 Å². The van der Waals surface area contributed by atoms with Gasteiger partial charge in [-0.3, -0.25) is 0 Å². The van der Waals surface area contributed by atoms with Crippen LogP contribution >= 0.6 is 0 Å². The number of hydrogen-bond donors (Lipinski definition) is 3. The van der Waals surface area contributed by atoms with Crippen molar-refractivity contribution in [3.05, 3.63) is 58.8 Å². The van der Waals surface area contributed by atoms with Crippen molar-refractivity contribution < 1.29 is 29.1 Å². The molecule has 0 radical (unpaired) electrons. The summed E-state index contributed by atoms with van der Waals surface area (Å²) < 4.78 is 0. The fourth-order valence-corrected chi connectivity index (χ4v) is 1.43. The molecule has 0 saturated heterocycles. The third kappa shape index (κ3) is 4.47. The molecule has 2 rings (SSSR count). The minimum atomic E-state index is 0. The molecule has 3 nitrogen and oxygen atoms in total. The van der Waals surface area contributed by atoms with Crippen molar-refractivity contribution in [2.45, 2.75) is 6.42 Å². The van der Waals surface area contributed by atoms with Gasteiger partial charge in [-0.25, -0.2) is 7.11 Å². The Morgan fingerprint density at radius 2 is 1.76 bits per heavy atom. The number of H-pyrrole nitrogens is 1. The predicted octanol–water partition coefficient (Wildman–Crippen LogP) is 0.305. The van der Waals surface area contributed by atoms with Crippen molar-refractivity contribution in [1.29, 1.82) is 0 Å². The standard InChI is InChI=1S/C10H10NO.CH3O.2CH3.Li/c1-2-7-6-11-8-4-3-5-9(12)10(7)8;1-2;;;/h3-6,11-12H,1-2H2;2H,1H2;2*1H3;/q4*-1;+1. The minimum Gasteiger partial charge on any atom is -0.569 e. The average Bonchev–Trinajstić information content (AvgIpc) is 2.65. The predicted molar refractivity (Wildman–Crippen MR) is 69.1 cm³/mol. The number of aliphatic hydroxyl groups excluding tert-OH is 1. The molecule has 0 saturated carbocycles. The second-order valence-electron chi connectivity index (χ2n) is 2.76. The van der Waals surface area contributed by atoms with Crippen LogP contribution in [-0.2, 0) is 6.42 Å². The summed E-state index contributed by atoms with van der Waals surface area (Å²) in [6.07, 6.45) is 2.58. The molecule has 4 heteroatoms. The van der Waals surface area contributed by atoms with Crippen molar-refractivity contribution in [3.63, 3.8) is 0 Å². The van der Waals surface area contributed by atoms with Crippen molar-refractivity contribution in [1.82, 2.24) is 4.98 Å². The Hall–Kier alpha value is -0.883. The Kier molecular flexibility index (Phi) is 12.9. The van der Waals surface area contributed by atoms with Gasteiger partial charge < -0.3 is 37.0 Å². The fourth-order valence-electron chi connectivity index (χ4n) is 1.43. The Labute approximate surface area is 116 Å². The quantitative estimate of drug-likeness (QED) is 0.486. The summed E-state index contributed by atoms with van der Waals surface area (Å²) in [6.45, 7) is 3.79. The molecule has 0 bridgehead atoms. The summed E-state index contributed by atoms with van der Waals surface area (Å²) in [5.41, 5.74) is 2.02.